The van der Waals surface area contributed by atoms with Gasteiger partial charge in [-0.1, -0.05) is 13.0 Å². The normalized spacial score (nSPS) is 14.3. The Balaban J connectivity index is 3.01. The Labute approximate surface area is 89.0 Å². The molecule has 3 heteroatoms. The first-order chi connectivity index (χ1) is 7.10. The fraction of sp³-hybridized carbons (Fsp3) is 0.417. The predicted octanol–water partition coefficient (Wildman–Crippen LogP) is 2.72. The number of nitriles is 1. The van der Waals surface area contributed by atoms with Crippen molar-refractivity contribution in [2.75, 3.05) is 0 Å². The maximum atomic E-state index is 12.8. The van der Waals surface area contributed by atoms with Crippen molar-refractivity contribution < 1.29 is 9.50 Å². The van der Waals surface area contributed by atoms with Gasteiger partial charge in [0.1, 0.15) is 5.82 Å². The van der Waals surface area contributed by atoms with E-state index in [1.54, 1.807) is 6.92 Å². The van der Waals surface area contributed by atoms with E-state index in [-0.39, 0.29) is 5.82 Å². The van der Waals surface area contributed by atoms with Crippen molar-refractivity contribution in [3.8, 4) is 6.07 Å². The summed E-state index contributed by atoms with van der Waals surface area (Å²) in [6.07, 6.45) is -0.255. The van der Waals surface area contributed by atoms with E-state index in [1.165, 1.54) is 18.2 Å². The van der Waals surface area contributed by atoms with Crippen LogP contribution in [0.5, 0.6) is 0 Å². The minimum Gasteiger partial charge on any atom is -0.387 e. The Bertz CT molecular complexity index is 384. The van der Waals surface area contributed by atoms with Gasteiger partial charge in [-0.3, -0.25) is 0 Å². The van der Waals surface area contributed by atoms with Crippen molar-refractivity contribution in [3.63, 3.8) is 0 Å². The van der Waals surface area contributed by atoms with E-state index in [0.717, 1.165) is 0 Å². The fourth-order valence-corrected chi connectivity index (χ4v) is 1.57. The molecule has 0 aliphatic carbocycles. The smallest absolute Gasteiger partial charge is 0.123 e. The molecule has 1 aromatic carbocycles. The first-order valence-corrected chi connectivity index (χ1v) is 4.93. The van der Waals surface area contributed by atoms with Gasteiger partial charge in [0.15, 0.2) is 0 Å². The molecule has 0 fully saturated rings. The predicted molar refractivity (Wildman–Crippen MR) is 55.5 cm³/mol. The number of hydrogen-bond donors (Lipinski definition) is 1. The highest BCUT2D eigenvalue weighted by Crippen LogP contribution is 2.26. The van der Waals surface area contributed by atoms with Crippen LogP contribution in [0.4, 0.5) is 4.39 Å². The van der Waals surface area contributed by atoms with Crippen LogP contribution in [0.3, 0.4) is 0 Å². The molecule has 0 saturated carbocycles. The number of benzene rings is 1. The molecular weight excluding hydrogens is 193 g/mol. The molecule has 0 aromatic heterocycles. The van der Waals surface area contributed by atoms with Gasteiger partial charge < -0.3 is 5.11 Å². The Morgan fingerprint density at radius 1 is 1.53 bits per heavy atom. The summed E-state index contributed by atoms with van der Waals surface area (Å²) in [6.45, 7) is 3.57. The average Bonchev–Trinajstić information content (AvgIpc) is 2.19. The van der Waals surface area contributed by atoms with Crippen LogP contribution in [-0.2, 0) is 0 Å². The molecule has 1 rings (SSSR count). The van der Waals surface area contributed by atoms with Crippen molar-refractivity contribution in [3.05, 3.63) is 35.1 Å². The summed E-state index contributed by atoms with van der Waals surface area (Å²) in [4.78, 5) is 0. The second-order valence-electron chi connectivity index (χ2n) is 3.59. The summed E-state index contributed by atoms with van der Waals surface area (Å²) >= 11 is 0. The van der Waals surface area contributed by atoms with E-state index < -0.39 is 12.0 Å². The molecular formula is C12H14FNO. The number of aliphatic hydroxyl groups excluding tert-OH is 1. The lowest BCUT2D eigenvalue weighted by molar-refractivity contribution is 0.132. The largest absolute Gasteiger partial charge is 0.387 e. The molecule has 0 radical (unpaired) electrons. The zero-order chi connectivity index (χ0) is 11.4. The van der Waals surface area contributed by atoms with E-state index in [9.17, 15) is 9.50 Å². The number of hydrogen-bond acceptors (Lipinski definition) is 2. The first-order valence-electron chi connectivity index (χ1n) is 4.93. The number of aliphatic hydroxyl groups is 1. The quantitative estimate of drug-likeness (QED) is 0.828. The fourth-order valence-electron chi connectivity index (χ4n) is 1.57. The lowest BCUT2D eigenvalue weighted by Gasteiger charge is -2.17. The summed E-state index contributed by atoms with van der Waals surface area (Å²) in [5, 5.41) is 18.7. The van der Waals surface area contributed by atoms with Crippen LogP contribution in [0.25, 0.3) is 0 Å². The standard InChI is InChI=1S/C12H14FNO/c1-3-9(7-14)12(15)11-5-4-10(13)6-8(11)2/h4-6,9,12,15H,3H2,1-2H3. The Morgan fingerprint density at radius 2 is 2.20 bits per heavy atom. The van der Waals surface area contributed by atoms with Crippen LogP contribution in [-0.4, -0.2) is 5.11 Å². The second-order valence-corrected chi connectivity index (χ2v) is 3.59. The maximum Gasteiger partial charge on any atom is 0.123 e. The summed E-state index contributed by atoms with van der Waals surface area (Å²) in [6, 6.07) is 6.25. The van der Waals surface area contributed by atoms with Crippen molar-refractivity contribution in [2.24, 2.45) is 5.92 Å². The summed E-state index contributed by atoms with van der Waals surface area (Å²) in [7, 11) is 0. The van der Waals surface area contributed by atoms with E-state index in [0.29, 0.717) is 17.5 Å². The highest BCUT2D eigenvalue weighted by Gasteiger charge is 2.20. The second kappa shape index (κ2) is 4.90. The van der Waals surface area contributed by atoms with Gasteiger partial charge in [-0.05, 0) is 36.6 Å². The molecule has 1 N–H and O–H groups in total. The van der Waals surface area contributed by atoms with Crippen LogP contribution in [0, 0.1) is 30.0 Å². The molecule has 2 unspecified atom stereocenters. The number of aryl methyl sites for hydroxylation is 1. The number of rotatable bonds is 3. The maximum absolute atomic E-state index is 12.8. The molecule has 0 aliphatic rings. The van der Waals surface area contributed by atoms with Crippen LogP contribution in [0.1, 0.15) is 30.6 Å². The molecule has 2 atom stereocenters. The van der Waals surface area contributed by atoms with Gasteiger partial charge in [0, 0.05) is 0 Å². The SMILES string of the molecule is CCC(C#N)C(O)c1ccc(F)cc1C. The third-order valence-corrected chi connectivity index (χ3v) is 2.54. The minimum absolute atomic E-state index is 0.326. The topological polar surface area (TPSA) is 44.0 Å². The van der Waals surface area contributed by atoms with Crippen molar-refractivity contribution in [1.29, 1.82) is 5.26 Å². The highest BCUT2D eigenvalue weighted by atomic mass is 19.1. The Hall–Kier alpha value is -1.40. The molecule has 15 heavy (non-hydrogen) atoms. The molecule has 0 saturated heterocycles. The monoisotopic (exact) mass is 207 g/mol. The van der Waals surface area contributed by atoms with Crippen molar-refractivity contribution in [2.45, 2.75) is 26.4 Å². The van der Waals surface area contributed by atoms with E-state index in [1.807, 2.05) is 13.0 Å². The molecule has 0 bridgehead atoms. The third-order valence-electron chi connectivity index (χ3n) is 2.54. The van der Waals surface area contributed by atoms with Crippen LogP contribution < -0.4 is 0 Å². The van der Waals surface area contributed by atoms with Crippen LogP contribution >= 0.6 is 0 Å². The lowest BCUT2D eigenvalue weighted by Crippen LogP contribution is -2.11. The molecule has 80 valence electrons. The summed E-state index contributed by atoms with van der Waals surface area (Å²) < 4.78 is 12.8. The average molecular weight is 207 g/mol. The molecule has 1 aromatic rings. The molecule has 0 amide bonds. The van der Waals surface area contributed by atoms with E-state index in [2.05, 4.69) is 0 Å². The molecule has 2 nitrogen and oxygen atoms in total. The lowest BCUT2D eigenvalue weighted by atomic mass is 9.92. The van der Waals surface area contributed by atoms with Crippen LogP contribution in [0.2, 0.25) is 0 Å². The minimum atomic E-state index is -0.833. The molecule has 0 spiro atoms. The third kappa shape index (κ3) is 2.54. The number of nitrogens with zero attached hydrogens (tertiary/aromatic N) is 1. The van der Waals surface area contributed by atoms with Gasteiger partial charge in [0.2, 0.25) is 0 Å². The zero-order valence-corrected chi connectivity index (χ0v) is 8.87. The first kappa shape index (κ1) is 11.7. The highest BCUT2D eigenvalue weighted by molar-refractivity contribution is 5.29. The Morgan fingerprint density at radius 3 is 2.67 bits per heavy atom. The van der Waals surface area contributed by atoms with Gasteiger partial charge in [-0.15, -0.1) is 0 Å². The van der Waals surface area contributed by atoms with Gasteiger partial charge in [-0.2, -0.15) is 5.26 Å². The number of halogens is 1. The van der Waals surface area contributed by atoms with E-state index in [4.69, 9.17) is 5.26 Å². The zero-order valence-electron chi connectivity index (χ0n) is 8.87. The van der Waals surface area contributed by atoms with Crippen molar-refractivity contribution in [1.82, 2.24) is 0 Å². The van der Waals surface area contributed by atoms with Gasteiger partial charge in [0.25, 0.3) is 0 Å². The summed E-state index contributed by atoms with van der Waals surface area (Å²) in [5.74, 6) is -0.761. The summed E-state index contributed by atoms with van der Waals surface area (Å²) in [5.41, 5.74) is 1.31. The van der Waals surface area contributed by atoms with Gasteiger partial charge in [0.05, 0.1) is 18.1 Å². The van der Waals surface area contributed by atoms with E-state index >= 15 is 0 Å². The molecule has 0 aliphatic heterocycles. The Kier molecular flexibility index (Phi) is 3.81. The van der Waals surface area contributed by atoms with Gasteiger partial charge >= 0.3 is 0 Å². The van der Waals surface area contributed by atoms with Gasteiger partial charge in [-0.25, -0.2) is 4.39 Å². The van der Waals surface area contributed by atoms with Crippen LogP contribution in [0.15, 0.2) is 18.2 Å². The molecule has 0 heterocycles. The van der Waals surface area contributed by atoms with Crippen molar-refractivity contribution >= 4 is 0 Å².